The lowest BCUT2D eigenvalue weighted by Gasteiger charge is -2.34. The van der Waals surface area contributed by atoms with Gasteiger partial charge in [-0.1, -0.05) is 23.2 Å². The van der Waals surface area contributed by atoms with Gasteiger partial charge in [0.25, 0.3) is 5.91 Å². The third kappa shape index (κ3) is 4.05. The van der Waals surface area contributed by atoms with E-state index in [2.05, 4.69) is 10.3 Å². The summed E-state index contributed by atoms with van der Waals surface area (Å²) in [7, 11) is 0. The van der Waals surface area contributed by atoms with Crippen LogP contribution in [0.5, 0.6) is 0 Å². The van der Waals surface area contributed by atoms with Crippen LogP contribution in [0.25, 0.3) is 0 Å². The Bertz CT molecular complexity index is 897. The zero-order chi connectivity index (χ0) is 19.7. The summed E-state index contributed by atoms with van der Waals surface area (Å²) in [4.78, 5) is 28.9. The number of aromatic carboxylic acids is 1. The quantitative estimate of drug-likeness (QED) is 0.615. The number of nitrogens with zero attached hydrogens (tertiary/aromatic N) is 1. The normalized spacial score (nSPS) is 17.0. The summed E-state index contributed by atoms with van der Waals surface area (Å²) >= 11 is 12.2. The predicted molar refractivity (Wildman–Crippen MR) is 106 cm³/mol. The average Bonchev–Trinajstić information content (AvgIpc) is 2.89. The monoisotopic (exact) mass is 410 g/mol. The van der Waals surface area contributed by atoms with Crippen LogP contribution in [0.3, 0.4) is 0 Å². The number of aromatic amines is 1. The average molecular weight is 411 g/mol. The molecule has 2 heterocycles. The number of carboxylic acids is 1. The first-order valence-electron chi connectivity index (χ1n) is 8.50. The van der Waals surface area contributed by atoms with E-state index in [-0.39, 0.29) is 22.3 Å². The zero-order valence-corrected chi connectivity index (χ0v) is 16.2. The van der Waals surface area contributed by atoms with Gasteiger partial charge in [-0.2, -0.15) is 0 Å². The van der Waals surface area contributed by atoms with E-state index in [1.807, 2.05) is 4.90 Å². The molecule has 144 valence electrons. The second-order valence-corrected chi connectivity index (χ2v) is 7.35. The molecule has 2 aromatic rings. The van der Waals surface area contributed by atoms with Crippen LogP contribution in [0, 0.1) is 6.92 Å². The first kappa shape index (κ1) is 19.5. The van der Waals surface area contributed by atoms with E-state index in [0.717, 1.165) is 19.4 Å². The van der Waals surface area contributed by atoms with Crippen molar-refractivity contribution in [3.8, 4) is 0 Å². The third-order valence-electron chi connectivity index (χ3n) is 4.57. The number of carboxylic acid groups (broad SMARTS) is 1. The van der Waals surface area contributed by atoms with Crippen LogP contribution in [0.1, 0.15) is 39.4 Å². The van der Waals surface area contributed by atoms with Crippen LogP contribution in [-0.2, 0) is 0 Å². The molecule has 27 heavy (non-hydrogen) atoms. The fourth-order valence-corrected chi connectivity index (χ4v) is 3.59. The van der Waals surface area contributed by atoms with Crippen LogP contribution in [0.15, 0.2) is 18.2 Å². The van der Waals surface area contributed by atoms with Gasteiger partial charge in [-0.3, -0.25) is 4.79 Å². The number of benzene rings is 1. The van der Waals surface area contributed by atoms with Crippen molar-refractivity contribution in [2.24, 2.45) is 5.73 Å². The summed E-state index contributed by atoms with van der Waals surface area (Å²) in [5, 5.41) is 12.6. The maximum absolute atomic E-state index is 12.7. The predicted octanol–water partition coefficient (Wildman–Crippen LogP) is 3.51. The summed E-state index contributed by atoms with van der Waals surface area (Å²) in [5.41, 5.74) is 8.05. The first-order valence-corrected chi connectivity index (χ1v) is 9.26. The molecular formula is C18H20Cl2N4O3. The van der Waals surface area contributed by atoms with Crippen molar-refractivity contribution in [1.29, 1.82) is 0 Å². The maximum atomic E-state index is 12.7. The molecule has 1 fully saturated rings. The van der Waals surface area contributed by atoms with E-state index in [0.29, 0.717) is 28.6 Å². The minimum atomic E-state index is -1.04. The summed E-state index contributed by atoms with van der Waals surface area (Å²) in [6.07, 6.45) is 1.80. The molecule has 0 radical (unpaired) electrons. The van der Waals surface area contributed by atoms with Gasteiger partial charge < -0.3 is 26.0 Å². The molecule has 1 aliphatic heterocycles. The highest BCUT2D eigenvalue weighted by molar-refractivity contribution is 6.44. The number of rotatable bonds is 4. The molecule has 0 aliphatic carbocycles. The van der Waals surface area contributed by atoms with Crippen molar-refractivity contribution in [3.63, 3.8) is 0 Å². The van der Waals surface area contributed by atoms with Crippen molar-refractivity contribution in [2.75, 3.05) is 23.3 Å². The minimum Gasteiger partial charge on any atom is -0.478 e. The molecule has 0 unspecified atom stereocenters. The number of hydrogen-bond acceptors (Lipinski definition) is 4. The zero-order valence-electron chi connectivity index (χ0n) is 14.7. The van der Waals surface area contributed by atoms with Crippen molar-refractivity contribution >= 4 is 46.5 Å². The number of hydrogen-bond donors (Lipinski definition) is 4. The number of aryl methyl sites for hydroxylation is 1. The van der Waals surface area contributed by atoms with Crippen molar-refractivity contribution < 1.29 is 14.7 Å². The Morgan fingerprint density at radius 2 is 2.07 bits per heavy atom. The Morgan fingerprint density at radius 1 is 1.33 bits per heavy atom. The summed E-state index contributed by atoms with van der Waals surface area (Å²) < 4.78 is 0. The smallest absolute Gasteiger partial charge is 0.335 e. The number of nitrogens with two attached hydrogens (primary N) is 1. The standard InChI is InChI=1S/C18H20Cl2N4O3/c1-9-14(19)15(20)16(22-9)17(25)23-12-5-4-10(18(26)27)7-13(12)24-6-2-3-11(21)8-24/h4-5,7,11,22H,2-3,6,8,21H2,1H3,(H,23,25)(H,26,27)/t11-/m0/s1. The number of amides is 1. The van der Waals surface area contributed by atoms with Crippen molar-refractivity contribution in [2.45, 2.75) is 25.8 Å². The third-order valence-corrected chi connectivity index (χ3v) is 5.52. The molecule has 0 bridgehead atoms. The SMILES string of the molecule is Cc1[nH]c(C(=O)Nc2ccc(C(=O)O)cc2N2CCC[C@H](N)C2)c(Cl)c1Cl. The molecule has 1 aromatic carbocycles. The van der Waals surface area contributed by atoms with Crippen molar-refractivity contribution in [3.05, 3.63) is 45.2 Å². The Labute approximate surface area is 166 Å². The van der Waals surface area contributed by atoms with Crippen LogP contribution >= 0.6 is 23.2 Å². The summed E-state index contributed by atoms with van der Waals surface area (Å²) in [6, 6.07) is 4.56. The van der Waals surface area contributed by atoms with E-state index in [1.54, 1.807) is 19.1 Å². The largest absolute Gasteiger partial charge is 0.478 e. The van der Waals surface area contributed by atoms with Gasteiger partial charge in [0.2, 0.25) is 0 Å². The number of carbonyl (C=O) groups excluding carboxylic acids is 1. The van der Waals surface area contributed by atoms with E-state index in [1.165, 1.54) is 6.07 Å². The molecule has 5 N–H and O–H groups in total. The summed E-state index contributed by atoms with van der Waals surface area (Å²) in [5.74, 6) is -1.49. The van der Waals surface area contributed by atoms with E-state index in [9.17, 15) is 14.7 Å². The number of carbonyl (C=O) groups is 2. The first-order chi connectivity index (χ1) is 12.8. The summed E-state index contributed by atoms with van der Waals surface area (Å²) in [6.45, 7) is 3.03. The van der Waals surface area contributed by atoms with E-state index < -0.39 is 11.9 Å². The molecule has 9 heteroatoms. The van der Waals surface area contributed by atoms with Crippen LogP contribution in [-0.4, -0.2) is 41.1 Å². The highest BCUT2D eigenvalue weighted by atomic mass is 35.5. The number of anilines is 2. The number of aromatic nitrogens is 1. The van der Waals surface area contributed by atoms with Gasteiger partial charge in [0.05, 0.1) is 27.0 Å². The van der Waals surface area contributed by atoms with Crippen molar-refractivity contribution in [1.82, 2.24) is 4.98 Å². The van der Waals surface area contributed by atoms with Gasteiger partial charge in [0.15, 0.2) is 0 Å². The second kappa shape index (κ2) is 7.80. The number of piperidine rings is 1. The molecular weight excluding hydrogens is 391 g/mol. The lowest BCUT2D eigenvalue weighted by Crippen LogP contribution is -2.43. The van der Waals surface area contributed by atoms with Gasteiger partial charge in [0.1, 0.15) is 5.69 Å². The van der Waals surface area contributed by atoms with Crippen LogP contribution < -0.4 is 16.0 Å². The number of nitrogens with one attached hydrogen (secondary N) is 2. The molecule has 3 rings (SSSR count). The second-order valence-electron chi connectivity index (χ2n) is 6.59. The Balaban J connectivity index is 1.95. The highest BCUT2D eigenvalue weighted by Gasteiger charge is 2.23. The fraction of sp³-hybridized carbons (Fsp3) is 0.333. The molecule has 1 amide bonds. The highest BCUT2D eigenvalue weighted by Crippen LogP contribution is 2.33. The molecule has 1 atom stereocenters. The van der Waals surface area contributed by atoms with Gasteiger partial charge in [-0.05, 0) is 38.0 Å². The fourth-order valence-electron chi connectivity index (χ4n) is 3.17. The molecule has 1 aromatic heterocycles. The topological polar surface area (TPSA) is 111 Å². The van der Waals surface area contributed by atoms with E-state index in [4.69, 9.17) is 28.9 Å². The molecule has 0 spiro atoms. The van der Waals surface area contributed by atoms with Gasteiger partial charge >= 0.3 is 5.97 Å². The molecule has 1 aliphatic rings. The minimum absolute atomic E-state index is 0.00454. The van der Waals surface area contributed by atoms with Gasteiger partial charge in [-0.25, -0.2) is 4.79 Å². The lowest BCUT2D eigenvalue weighted by molar-refractivity contribution is 0.0696. The molecule has 1 saturated heterocycles. The Morgan fingerprint density at radius 3 is 2.67 bits per heavy atom. The van der Waals surface area contributed by atoms with Crippen LogP contribution in [0.2, 0.25) is 10.0 Å². The van der Waals surface area contributed by atoms with Gasteiger partial charge in [0, 0.05) is 24.8 Å². The Kier molecular flexibility index (Phi) is 5.64. The number of halogens is 2. The lowest BCUT2D eigenvalue weighted by atomic mass is 10.0. The Hall–Kier alpha value is -2.22. The van der Waals surface area contributed by atoms with E-state index >= 15 is 0 Å². The number of H-pyrrole nitrogens is 1. The molecule has 0 saturated carbocycles. The van der Waals surface area contributed by atoms with Gasteiger partial charge in [-0.15, -0.1) is 0 Å². The molecule has 7 nitrogen and oxygen atoms in total. The maximum Gasteiger partial charge on any atom is 0.335 e. The van der Waals surface area contributed by atoms with Crippen LogP contribution in [0.4, 0.5) is 11.4 Å².